The molecule has 0 aliphatic carbocycles. The van der Waals surface area contributed by atoms with E-state index in [1.807, 2.05) is 20.8 Å². The maximum absolute atomic E-state index is 10.4. The van der Waals surface area contributed by atoms with Gasteiger partial charge in [-0.15, -0.1) is 0 Å². The summed E-state index contributed by atoms with van der Waals surface area (Å²) in [7, 11) is 0. The number of carboxylic acid groups (broad SMARTS) is 3. The topological polar surface area (TPSA) is 112 Å². The number of carboxylic acids is 3. The van der Waals surface area contributed by atoms with Gasteiger partial charge in [-0.3, -0.25) is 14.4 Å². The zero-order valence-corrected chi connectivity index (χ0v) is 24.5. The second-order valence-electron chi connectivity index (χ2n) is 7.76. The second kappa shape index (κ2) is 27.6. The Labute approximate surface area is 218 Å². The van der Waals surface area contributed by atoms with Crippen molar-refractivity contribution >= 4 is 17.9 Å². The zero-order chi connectivity index (χ0) is 23.9. The van der Waals surface area contributed by atoms with E-state index in [0.717, 1.165) is 77.0 Å². The molecule has 183 valence electrons. The van der Waals surface area contributed by atoms with Crippen molar-refractivity contribution in [3.8, 4) is 0 Å². The Kier molecular flexibility index (Phi) is 33.8. The van der Waals surface area contributed by atoms with Crippen molar-refractivity contribution in [1.29, 1.82) is 0 Å². The van der Waals surface area contributed by atoms with Gasteiger partial charge in [0.1, 0.15) is 0 Å². The maximum Gasteiger partial charge on any atom is 0.306 e. The molecular formula is C24H48LaO6. The van der Waals surface area contributed by atoms with Gasteiger partial charge in [-0.2, -0.15) is 0 Å². The molecule has 0 amide bonds. The summed E-state index contributed by atoms with van der Waals surface area (Å²) in [6, 6.07) is 0. The van der Waals surface area contributed by atoms with Crippen LogP contribution in [-0.4, -0.2) is 33.2 Å². The minimum absolute atomic E-state index is 0. The summed E-state index contributed by atoms with van der Waals surface area (Å²) in [6.45, 7) is 12.0. The quantitative estimate of drug-likeness (QED) is 0.198. The SMILES string of the molecule is CCCCC(CC)C(=O)O.CCCCC(CC)C(=O)O.CCCCC(CC)C(=O)O.[La]. The summed E-state index contributed by atoms with van der Waals surface area (Å²) >= 11 is 0. The largest absolute Gasteiger partial charge is 0.481 e. The van der Waals surface area contributed by atoms with E-state index in [2.05, 4.69) is 20.8 Å². The van der Waals surface area contributed by atoms with Crippen molar-refractivity contribution in [2.75, 3.05) is 0 Å². The van der Waals surface area contributed by atoms with Gasteiger partial charge in [0.15, 0.2) is 0 Å². The van der Waals surface area contributed by atoms with E-state index < -0.39 is 17.9 Å². The van der Waals surface area contributed by atoms with Crippen molar-refractivity contribution < 1.29 is 65.3 Å². The summed E-state index contributed by atoms with van der Waals surface area (Å²) in [6.07, 6.45) is 11.1. The molecule has 0 aliphatic rings. The van der Waals surface area contributed by atoms with Gasteiger partial charge in [0.2, 0.25) is 0 Å². The van der Waals surface area contributed by atoms with Crippen LogP contribution in [-0.2, 0) is 14.4 Å². The molecule has 31 heavy (non-hydrogen) atoms. The monoisotopic (exact) mass is 571 g/mol. The smallest absolute Gasteiger partial charge is 0.306 e. The Balaban J connectivity index is -0.000000174. The number of rotatable bonds is 15. The fourth-order valence-electron chi connectivity index (χ4n) is 2.86. The van der Waals surface area contributed by atoms with Crippen LogP contribution in [0.2, 0.25) is 0 Å². The van der Waals surface area contributed by atoms with Crippen molar-refractivity contribution in [1.82, 2.24) is 0 Å². The first kappa shape index (κ1) is 37.9. The second-order valence-corrected chi connectivity index (χ2v) is 7.76. The standard InChI is InChI=1S/3C8H16O2.La/c3*1-3-5-6-7(4-2)8(9)10;/h3*7H,3-6H2,1-2H3,(H,9,10);. The fourth-order valence-corrected chi connectivity index (χ4v) is 2.86. The molecule has 0 bridgehead atoms. The van der Waals surface area contributed by atoms with Crippen molar-refractivity contribution in [3.05, 3.63) is 0 Å². The number of aliphatic carboxylic acids is 3. The van der Waals surface area contributed by atoms with Crippen LogP contribution in [0.3, 0.4) is 0 Å². The van der Waals surface area contributed by atoms with E-state index in [0.29, 0.717) is 0 Å². The Bertz CT molecular complexity index is 366. The number of unbranched alkanes of at least 4 members (excludes halogenated alkanes) is 3. The van der Waals surface area contributed by atoms with Crippen LogP contribution in [0.25, 0.3) is 0 Å². The molecule has 0 heterocycles. The molecule has 0 aromatic carbocycles. The van der Waals surface area contributed by atoms with Crippen LogP contribution in [0.15, 0.2) is 0 Å². The molecule has 3 atom stereocenters. The van der Waals surface area contributed by atoms with E-state index >= 15 is 0 Å². The van der Waals surface area contributed by atoms with Crippen molar-refractivity contribution in [3.63, 3.8) is 0 Å². The summed E-state index contributed by atoms with van der Waals surface area (Å²) < 4.78 is 0. The average Bonchev–Trinajstić information content (AvgIpc) is 2.70. The Morgan fingerprint density at radius 1 is 0.516 bits per heavy atom. The van der Waals surface area contributed by atoms with Gasteiger partial charge in [0.05, 0.1) is 17.8 Å². The molecule has 0 spiro atoms. The van der Waals surface area contributed by atoms with E-state index in [1.54, 1.807) is 0 Å². The third kappa shape index (κ3) is 25.7. The molecule has 7 heteroatoms. The van der Waals surface area contributed by atoms with Crippen molar-refractivity contribution in [2.45, 2.75) is 119 Å². The molecule has 3 N–H and O–H groups in total. The van der Waals surface area contributed by atoms with E-state index in [9.17, 15) is 14.4 Å². The number of hydrogen-bond acceptors (Lipinski definition) is 3. The first-order chi connectivity index (χ1) is 14.2. The molecule has 0 aromatic rings. The predicted molar refractivity (Wildman–Crippen MR) is 123 cm³/mol. The van der Waals surface area contributed by atoms with Gasteiger partial charge in [0.25, 0.3) is 0 Å². The maximum atomic E-state index is 10.4. The van der Waals surface area contributed by atoms with Gasteiger partial charge >= 0.3 is 17.9 Å². The van der Waals surface area contributed by atoms with Crippen LogP contribution in [0.5, 0.6) is 0 Å². The summed E-state index contributed by atoms with van der Waals surface area (Å²) in [5, 5.41) is 25.8. The van der Waals surface area contributed by atoms with Crippen LogP contribution in [0.4, 0.5) is 0 Å². The fraction of sp³-hybridized carbons (Fsp3) is 0.875. The van der Waals surface area contributed by atoms with E-state index in [1.165, 1.54) is 0 Å². The molecular weight excluding hydrogens is 523 g/mol. The number of carbonyl (C=O) groups is 3. The molecule has 0 saturated carbocycles. The average molecular weight is 572 g/mol. The third-order valence-electron chi connectivity index (χ3n) is 5.24. The summed E-state index contributed by atoms with van der Waals surface area (Å²) in [5.41, 5.74) is 0. The summed E-state index contributed by atoms with van der Waals surface area (Å²) in [5.74, 6) is -2.26. The van der Waals surface area contributed by atoms with Gasteiger partial charge in [-0.1, -0.05) is 80.1 Å². The first-order valence-corrected chi connectivity index (χ1v) is 11.8. The van der Waals surface area contributed by atoms with Crippen LogP contribution >= 0.6 is 0 Å². The molecule has 0 aliphatic heterocycles. The zero-order valence-electron chi connectivity index (χ0n) is 20.9. The molecule has 3 unspecified atom stereocenters. The Hall–Kier alpha value is -0.395. The van der Waals surface area contributed by atoms with Gasteiger partial charge in [-0.05, 0) is 38.5 Å². The number of hydrogen-bond donors (Lipinski definition) is 3. The van der Waals surface area contributed by atoms with Crippen LogP contribution in [0.1, 0.15) is 119 Å². The molecule has 6 nitrogen and oxygen atoms in total. The van der Waals surface area contributed by atoms with E-state index in [-0.39, 0.29) is 53.4 Å². The van der Waals surface area contributed by atoms with Crippen LogP contribution < -0.4 is 0 Å². The molecule has 0 saturated heterocycles. The summed E-state index contributed by atoms with van der Waals surface area (Å²) in [4.78, 5) is 31.3. The third-order valence-corrected chi connectivity index (χ3v) is 5.24. The van der Waals surface area contributed by atoms with Gasteiger partial charge < -0.3 is 15.3 Å². The van der Waals surface area contributed by atoms with Crippen LogP contribution in [0, 0.1) is 53.4 Å². The minimum Gasteiger partial charge on any atom is -0.481 e. The van der Waals surface area contributed by atoms with E-state index in [4.69, 9.17) is 15.3 Å². The van der Waals surface area contributed by atoms with Gasteiger partial charge in [-0.25, -0.2) is 0 Å². The minimum atomic E-state index is -0.643. The molecule has 0 rings (SSSR count). The Morgan fingerprint density at radius 3 is 0.806 bits per heavy atom. The van der Waals surface area contributed by atoms with Crippen molar-refractivity contribution in [2.24, 2.45) is 17.8 Å². The first-order valence-electron chi connectivity index (χ1n) is 11.8. The molecule has 0 aromatic heterocycles. The predicted octanol–water partition coefficient (Wildman–Crippen LogP) is 6.86. The van der Waals surface area contributed by atoms with Gasteiger partial charge in [0, 0.05) is 35.6 Å². The normalized spacial score (nSPS) is 12.6. The Morgan fingerprint density at radius 2 is 0.710 bits per heavy atom. The molecule has 1 radical (unpaired) electrons. The molecule has 0 fully saturated rings.